The molecule has 1 saturated carbocycles. The highest BCUT2D eigenvalue weighted by Gasteiger charge is 2.40. The van der Waals surface area contributed by atoms with Crippen LogP contribution < -0.4 is 5.32 Å². The number of nitrogens with one attached hydrogen (secondary N) is 1. The van der Waals surface area contributed by atoms with Gasteiger partial charge in [0.25, 0.3) is 0 Å². The lowest BCUT2D eigenvalue weighted by atomic mass is 9.82. The van der Waals surface area contributed by atoms with Crippen molar-refractivity contribution in [2.75, 3.05) is 32.9 Å². The molecule has 0 unspecified atom stereocenters. The van der Waals surface area contributed by atoms with Gasteiger partial charge in [-0.1, -0.05) is 0 Å². The zero-order valence-corrected chi connectivity index (χ0v) is 12.5. The minimum atomic E-state index is -0.772. The van der Waals surface area contributed by atoms with Crippen molar-refractivity contribution >= 4 is 23.6 Å². The summed E-state index contributed by atoms with van der Waals surface area (Å²) in [6.07, 6.45) is 0.487. The fourth-order valence-electron chi connectivity index (χ4n) is 2.47. The minimum absolute atomic E-state index is 0.0647. The zero-order valence-electron chi connectivity index (χ0n) is 12.5. The molecular formula is C14H20N2O6. The normalized spacial score (nSPS) is 22.0. The first-order valence-electron chi connectivity index (χ1n) is 7.36. The molecule has 8 nitrogen and oxygen atoms in total. The molecule has 22 heavy (non-hydrogen) atoms. The number of carbonyl (C=O) groups excluding carboxylic acids is 4. The molecule has 2 fully saturated rings. The number of rotatable bonds is 5. The maximum atomic E-state index is 12.3. The summed E-state index contributed by atoms with van der Waals surface area (Å²) in [5.41, 5.74) is 0. The summed E-state index contributed by atoms with van der Waals surface area (Å²) < 4.78 is 9.98. The van der Waals surface area contributed by atoms with Crippen molar-refractivity contribution in [1.29, 1.82) is 0 Å². The van der Waals surface area contributed by atoms with Crippen molar-refractivity contribution < 1.29 is 28.7 Å². The van der Waals surface area contributed by atoms with E-state index in [0.29, 0.717) is 13.2 Å². The van der Waals surface area contributed by atoms with E-state index >= 15 is 0 Å². The molecule has 0 radical (unpaired) electrons. The zero-order chi connectivity index (χ0) is 16.1. The number of Topliss-reactive ketones (excluding diaryl/α,β-unsaturated/α-hetero) is 1. The number of ether oxygens (including phenoxy) is 2. The van der Waals surface area contributed by atoms with Gasteiger partial charge in [-0.15, -0.1) is 0 Å². The molecule has 0 bridgehead atoms. The highest BCUT2D eigenvalue weighted by molar-refractivity contribution is 5.98. The monoisotopic (exact) mass is 312 g/mol. The summed E-state index contributed by atoms with van der Waals surface area (Å²) >= 11 is 0. The second-order valence-corrected chi connectivity index (χ2v) is 5.29. The summed E-state index contributed by atoms with van der Waals surface area (Å²) in [5, 5.41) is 2.45. The van der Waals surface area contributed by atoms with Gasteiger partial charge in [0, 0.05) is 19.4 Å². The van der Waals surface area contributed by atoms with Gasteiger partial charge in [0.2, 0.25) is 11.8 Å². The van der Waals surface area contributed by atoms with Crippen LogP contribution in [0, 0.1) is 5.92 Å². The van der Waals surface area contributed by atoms with E-state index < -0.39 is 17.9 Å². The second kappa shape index (κ2) is 7.35. The van der Waals surface area contributed by atoms with Gasteiger partial charge >= 0.3 is 5.97 Å². The Bertz CT molecular complexity index is 470. The molecule has 0 spiro atoms. The van der Waals surface area contributed by atoms with Crippen molar-refractivity contribution in [2.45, 2.75) is 25.8 Å². The Kier molecular flexibility index (Phi) is 5.48. The average molecular weight is 312 g/mol. The Labute approximate surface area is 128 Å². The van der Waals surface area contributed by atoms with Crippen LogP contribution in [0.1, 0.15) is 19.8 Å². The Hall–Kier alpha value is -1.96. The predicted octanol–water partition coefficient (Wildman–Crippen LogP) is -1.13. The van der Waals surface area contributed by atoms with Crippen LogP contribution in [-0.2, 0) is 28.7 Å². The van der Waals surface area contributed by atoms with E-state index in [9.17, 15) is 19.2 Å². The maximum Gasteiger partial charge on any atom is 0.325 e. The maximum absolute atomic E-state index is 12.3. The predicted molar refractivity (Wildman–Crippen MR) is 73.7 cm³/mol. The molecule has 2 amide bonds. The topological polar surface area (TPSA) is 102 Å². The van der Waals surface area contributed by atoms with E-state index in [0.717, 1.165) is 0 Å². The lowest BCUT2D eigenvalue weighted by Crippen LogP contribution is -2.58. The molecule has 1 atom stereocenters. The Morgan fingerprint density at radius 1 is 1.36 bits per heavy atom. The van der Waals surface area contributed by atoms with Crippen LogP contribution in [0.3, 0.4) is 0 Å². The van der Waals surface area contributed by atoms with E-state index in [1.807, 2.05) is 0 Å². The van der Waals surface area contributed by atoms with Crippen LogP contribution in [0.25, 0.3) is 0 Å². The molecule has 1 aliphatic carbocycles. The summed E-state index contributed by atoms with van der Waals surface area (Å²) in [7, 11) is 0. The lowest BCUT2D eigenvalue weighted by molar-refractivity contribution is -0.156. The molecule has 1 saturated heterocycles. The third kappa shape index (κ3) is 3.82. The van der Waals surface area contributed by atoms with Crippen molar-refractivity contribution in [2.24, 2.45) is 5.92 Å². The number of ketones is 1. The molecule has 8 heteroatoms. The number of carbonyl (C=O) groups is 4. The van der Waals surface area contributed by atoms with Gasteiger partial charge in [-0.05, 0) is 6.92 Å². The highest BCUT2D eigenvalue weighted by atomic mass is 16.5. The molecule has 2 aliphatic rings. The smallest absolute Gasteiger partial charge is 0.325 e. The fourth-order valence-corrected chi connectivity index (χ4v) is 2.47. The molecule has 0 aromatic carbocycles. The van der Waals surface area contributed by atoms with Gasteiger partial charge < -0.3 is 19.7 Å². The lowest BCUT2D eigenvalue weighted by Gasteiger charge is -2.38. The van der Waals surface area contributed by atoms with Gasteiger partial charge in [-0.2, -0.15) is 0 Å². The number of morpholine rings is 1. The number of esters is 1. The second-order valence-electron chi connectivity index (χ2n) is 5.29. The van der Waals surface area contributed by atoms with E-state index in [1.165, 1.54) is 4.90 Å². The molecule has 122 valence electrons. The first-order valence-corrected chi connectivity index (χ1v) is 7.36. The van der Waals surface area contributed by atoms with E-state index in [2.05, 4.69) is 5.32 Å². The van der Waals surface area contributed by atoms with E-state index in [-0.39, 0.29) is 50.2 Å². The first-order chi connectivity index (χ1) is 10.5. The number of nitrogens with zero attached hydrogens (tertiary/aromatic N) is 1. The molecule has 1 heterocycles. The summed E-state index contributed by atoms with van der Waals surface area (Å²) in [5.74, 6) is -1.44. The highest BCUT2D eigenvalue weighted by Crippen LogP contribution is 2.26. The van der Waals surface area contributed by atoms with E-state index in [1.54, 1.807) is 6.92 Å². The van der Waals surface area contributed by atoms with Crippen LogP contribution >= 0.6 is 0 Å². The SMILES string of the molecule is CCOC(=O)CNC(=O)[C@H]1COCCN1C(=O)C1CC(=O)C1. The fraction of sp³-hybridized carbons (Fsp3) is 0.714. The summed E-state index contributed by atoms with van der Waals surface area (Å²) in [6, 6.07) is -0.772. The number of amides is 2. The molecular weight excluding hydrogens is 292 g/mol. The van der Waals surface area contributed by atoms with Gasteiger partial charge in [-0.3, -0.25) is 19.2 Å². The third-order valence-corrected chi connectivity index (χ3v) is 3.72. The van der Waals surface area contributed by atoms with Crippen LogP contribution in [0.5, 0.6) is 0 Å². The van der Waals surface area contributed by atoms with Crippen molar-refractivity contribution in [1.82, 2.24) is 10.2 Å². The van der Waals surface area contributed by atoms with Gasteiger partial charge in [0.15, 0.2) is 0 Å². The average Bonchev–Trinajstić information content (AvgIpc) is 2.49. The molecule has 0 aromatic heterocycles. The third-order valence-electron chi connectivity index (χ3n) is 3.72. The first kappa shape index (κ1) is 16.4. The van der Waals surface area contributed by atoms with Crippen LogP contribution in [0.4, 0.5) is 0 Å². The molecule has 1 aliphatic heterocycles. The van der Waals surface area contributed by atoms with Crippen molar-refractivity contribution in [3.8, 4) is 0 Å². The molecule has 1 N–H and O–H groups in total. The Morgan fingerprint density at radius 3 is 2.73 bits per heavy atom. The van der Waals surface area contributed by atoms with Gasteiger partial charge in [0.05, 0.1) is 25.7 Å². The Balaban J connectivity index is 1.91. The van der Waals surface area contributed by atoms with Crippen molar-refractivity contribution in [3.05, 3.63) is 0 Å². The Morgan fingerprint density at radius 2 is 2.09 bits per heavy atom. The van der Waals surface area contributed by atoms with Crippen molar-refractivity contribution in [3.63, 3.8) is 0 Å². The van der Waals surface area contributed by atoms with Gasteiger partial charge in [-0.25, -0.2) is 0 Å². The summed E-state index contributed by atoms with van der Waals surface area (Å²) in [4.78, 5) is 48.2. The standard InChI is InChI=1S/C14H20N2O6/c1-2-22-12(18)7-15-13(19)11-8-21-4-3-16(11)14(20)9-5-10(17)6-9/h9,11H,2-8H2,1H3,(H,15,19)/t11-/m1/s1. The van der Waals surface area contributed by atoms with E-state index in [4.69, 9.17) is 9.47 Å². The van der Waals surface area contributed by atoms with Gasteiger partial charge in [0.1, 0.15) is 18.4 Å². The minimum Gasteiger partial charge on any atom is -0.465 e. The van der Waals surface area contributed by atoms with Crippen LogP contribution in [0.15, 0.2) is 0 Å². The molecule has 0 aromatic rings. The quantitative estimate of drug-likeness (QED) is 0.645. The summed E-state index contributed by atoms with van der Waals surface area (Å²) in [6.45, 7) is 2.42. The number of hydrogen-bond donors (Lipinski definition) is 1. The van der Waals surface area contributed by atoms with Crippen LogP contribution in [0.2, 0.25) is 0 Å². The van der Waals surface area contributed by atoms with Crippen LogP contribution in [-0.4, -0.2) is 67.4 Å². The largest absolute Gasteiger partial charge is 0.465 e. The number of hydrogen-bond acceptors (Lipinski definition) is 6. The molecule has 2 rings (SSSR count).